The van der Waals surface area contributed by atoms with E-state index in [1.807, 2.05) is 19.9 Å². The second kappa shape index (κ2) is 4.17. The number of halogens is 1. The quantitative estimate of drug-likeness (QED) is 0.667. The van der Waals surface area contributed by atoms with E-state index in [1.54, 1.807) is 0 Å². The van der Waals surface area contributed by atoms with E-state index < -0.39 is 0 Å². The number of nitrogens with two attached hydrogens (primary N) is 1. The molecule has 1 aromatic rings. The first-order chi connectivity index (χ1) is 7.50. The smallest absolute Gasteiger partial charge is 0.129 e. The Kier molecular flexibility index (Phi) is 3.02. The molecule has 0 heterocycles. The van der Waals surface area contributed by atoms with Crippen molar-refractivity contribution in [3.63, 3.8) is 0 Å². The summed E-state index contributed by atoms with van der Waals surface area (Å²) in [7, 11) is 0. The first-order valence-electron chi connectivity index (χ1n) is 6.04. The fraction of sp³-hybridized carbons (Fsp3) is 0.571. The minimum atomic E-state index is -0.0799. The van der Waals surface area contributed by atoms with Crippen molar-refractivity contribution in [2.45, 2.75) is 46.1 Å². The molecule has 0 aliphatic heterocycles. The fourth-order valence-electron chi connectivity index (χ4n) is 2.85. The third-order valence-corrected chi connectivity index (χ3v) is 3.75. The van der Waals surface area contributed by atoms with Gasteiger partial charge in [0.15, 0.2) is 0 Å². The lowest BCUT2D eigenvalue weighted by Gasteiger charge is -2.18. The maximum absolute atomic E-state index is 13.9. The summed E-state index contributed by atoms with van der Waals surface area (Å²) in [5.74, 6) is 0.550. The van der Waals surface area contributed by atoms with Crippen LogP contribution in [0.25, 0.3) is 0 Å². The summed E-state index contributed by atoms with van der Waals surface area (Å²) in [6.07, 6.45) is 3.16. The van der Waals surface area contributed by atoms with E-state index in [1.165, 1.54) is 5.56 Å². The molecule has 1 aliphatic rings. The Morgan fingerprint density at radius 3 is 2.75 bits per heavy atom. The third-order valence-electron chi connectivity index (χ3n) is 3.75. The molecule has 0 spiro atoms. The number of hydrogen-bond donors (Lipinski definition) is 1. The summed E-state index contributed by atoms with van der Waals surface area (Å²) >= 11 is 0. The molecule has 1 nitrogen and oxygen atoms in total. The van der Waals surface area contributed by atoms with Crippen molar-refractivity contribution in [3.8, 4) is 0 Å². The van der Waals surface area contributed by atoms with Crippen LogP contribution < -0.4 is 5.73 Å². The number of benzene rings is 1. The molecule has 2 heteroatoms. The molecular formula is C14H20FN. The molecule has 0 fully saturated rings. The molecule has 0 aromatic heterocycles. The monoisotopic (exact) mass is 221 g/mol. The molecule has 16 heavy (non-hydrogen) atoms. The highest BCUT2D eigenvalue weighted by Crippen LogP contribution is 2.34. The molecule has 2 rings (SSSR count). The van der Waals surface area contributed by atoms with Crippen LogP contribution in [0.5, 0.6) is 0 Å². The standard InChI is InChI=1S/C14H20FN/c1-8-4-5-11-7-9(2)14(15)10(3)13(11)12(16)6-8/h7-8,12H,4-6,16H2,1-3H3. The van der Waals surface area contributed by atoms with Crippen LogP contribution in [-0.2, 0) is 6.42 Å². The first-order valence-corrected chi connectivity index (χ1v) is 6.04. The lowest BCUT2D eigenvalue weighted by atomic mass is 9.92. The summed E-state index contributed by atoms with van der Waals surface area (Å²) < 4.78 is 13.9. The number of aryl methyl sites for hydroxylation is 2. The first kappa shape index (κ1) is 11.6. The molecule has 2 unspecified atom stereocenters. The SMILES string of the molecule is Cc1cc2c(c(C)c1F)C(N)CC(C)CC2. The van der Waals surface area contributed by atoms with Crippen LogP contribution in [0.15, 0.2) is 6.07 Å². The highest BCUT2D eigenvalue weighted by molar-refractivity contribution is 5.42. The molecule has 0 saturated carbocycles. The van der Waals surface area contributed by atoms with Gasteiger partial charge in [0.25, 0.3) is 0 Å². The van der Waals surface area contributed by atoms with Gasteiger partial charge in [-0.3, -0.25) is 0 Å². The molecule has 88 valence electrons. The Labute approximate surface area is 96.9 Å². The van der Waals surface area contributed by atoms with Gasteiger partial charge in [0, 0.05) is 6.04 Å². The molecule has 0 amide bonds. The maximum atomic E-state index is 13.9. The fourth-order valence-corrected chi connectivity index (χ4v) is 2.85. The van der Waals surface area contributed by atoms with Gasteiger partial charge in [-0.05, 0) is 61.3 Å². The highest BCUT2D eigenvalue weighted by atomic mass is 19.1. The van der Waals surface area contributed by atoms with Gasteiger partial charge in [-0.25, -0.2) is 4.39 Å². The average molecular weight is 221 g/mol. The predicted octanol–water partition coefficient (Wildman–Crippen LogP) is 3.41. The van der Waals surface area contributed by atoms with Gasteiger partial charge in [0.05, 0.1) is 0 Å². The molecule has 1 aromatic carbocycles. The molecule has 0 bridgehead atoms. The third kappa shape index (κ3) is 1.86. The average Bonchev–Trinajstić information content (AvgIpc) is 2.35. The van der Waals surface area contributed by atoms with Gasteiger partial charge in [0.1, 0.15) is 5.82 Å². The summed E-state index contributed by atoms with van der Waals surface area (Å²) in [6, 6.07) is 1.98. The van der Waals surface area contributed by atoms with Crippen molar-refractivity contribution in [1.82, 2.24) is 0 Å². The maximum Gasteiger partial charge on any atom is 0.129 e. The normalized spacial score (nSPS) is 25.1. The number of fused-ring (bicyclic) bond motifs is 1. The minimum Gasteiger partial charge on any atom is -0.324 e. The minimum absolute atomic E-state index is 0.00241. The topological polar surface area (TPSA) is 26.0 Å². The van der Waals surface area contributed by atoms with Crippen LogP contribution in [0.2, 0.25) is 0 Å². The van der Waals surface area contributed by atoms with Gasteiger partial charge in [-0.2, -0.15) is 0 Å². The van der Waals surface area contributed by atoms with Gasteiger partial charge in [-0.1, -0.05) is 13.0 Å². The Hall–Kier alpha value is -0.890. The van der Waals surface area contributed by atoms with E-state index in [2.05, 4.69) is 6.92 Å². The molecular weight excluding hydrogens is 201 g/mol. The Balaban J connectivity index is 2.56. The summed E-state index contributed by atoms with van der Waals surface area (Å²) in [4.78, 5) is 0. The zero-order valence-corrected chi connectivity index (χ0v) is 10.3. The van der Waals surface area contributed by atoms with E-state index in [9.17, 15) is 4.39 Å². The zero-order chi connectivity index (χ0) is 11.9. The summed E-state index contributed by atoms with van der Waals surface area (Å²) in [5, 5.41) is 0. The lowest BCUT2D eigenvalue weighted by molar-refractivity contribution is 0.462. The van der Waals surface area contributed by atoms with E-state index in [4.69, 9.17) is 5.73 Å². The van der Waals surface area contributed by atoms with E-state index in [0.717, 1.165) is 36.0 Å². The van der Waals surface area contributed by atoms with Crippen molar-refractivity contribution in [2.75, 3.05) is 0 Å². The lowest BCUT2D eigenvalue weighted by Crippen LogP contribution is -2.15. The van der Waals surface area contributed by atoms with Crippen LogP contribution in [-0.4, -0.2) is 0 Å². The van der Waals surface area contributed by atoms with Crippen molar-refractivity contribution >= 4 is 0 Å². The van der Waals surface area contributed by atoms with Crippen LogP contribution in [0, 0.1) is 25.6 Å². The Morgan fingerprint density at radius 2 is 2.06 bits per heavy atom. The molecule has 1 aliphatic carbocycles. The van der Waals surface area contributed by atoms with Gasteiger partial charge in [-0.15, -0.1) is 0 Å². The second-order valence-corrected chi connectivity index (χ2v) is 5.19. The molecule has 2 atom stereocenters. The Morgan fingerprint density at radius 1 is 1.38 bits per heavy atom. The van der Waals surface area contributed by atoms with Crippen LogP contribution in [0.1, 0.15) is 48.1 Å². The van der Waals surface area contributed by atoms with Crippen molar-refractivity contribution in [3.05, 3.63) is 34.1 Å². The summed E-state index contributed by atoms with van der Waals surface area (Å²) in [6.45, 7) is 5.92. The molecule has 2 N–H and O–H groups in total. The predicted molar refractivity (Wildman–Crippen MR) is 64.9 cm³/mol. The van der Waals surface area contributed by atoms with Crippen molar-refractivity contribution in [2.24, 2.45) is 11.7 Å². The summed E-state index contributed by atoms with van der Waals surface area (Å²) in [5.41, 5.74) is 10.0. The van der Waals surface area contributed by atoms with E-state index in [0.29, 0.717) is 5.92 Å². The second-order valence-electron chi connectivity index (χ2n) is 5.19. The number of hydrogen-bond acceptors (Lipinski definition) is 1. The zero-order valence-electron chi connectivity index (χ0n) is 10.3. The van der Waals surface area contributed by atoms with Gasteiger partial charge >= 0.3 is 0 Å². The van der Waals surface area contributed by atoms with Crippen molar-refractivity contribution in [1.29, 1.82) is 0 Å². The molecule has 0 saturated heterocycles. The van der Waals surface area contributed by atoms with Crippen molar-refractivity contribution < 1.29 is 4.39 Å². The van der Waals surface area contributed by atoms with E-state index in [-0.39, 0.29) is 11.9 Å². The van der Waals surface area contributed by atoms with Crippen LogP contribution >= 0.6 is 0 Å². The number of rotatable bonds is 0. The molecule has 0 radical (unpaired) electrons. The highest BCUT2D eigenvalue weighted by Gasteiger charge is 2.23. The van der Waals surface area contributed by atoms with Crippen LogP contribution in [0.4, 0.5) is 4.39 Å². The van der Waals surface area contributed by atoms with E-state index >= 15 is 0 Å². The largest absolute Gasteiger partial charge is 0.324 e. The van der Waals surface area contributed by atoms with Gasteiger partial charge < -0.3 is 5.73 Å². The Bertz CT molecular complexity index is 412. The van der Waals surface area contributed by atoms with Gasteiger partial charge in [0.2, 0.25) is 0 Å². The van der Waals surface area contributed by atoms with Crippen LogP contribution in [0.3, 0.4) is 0 Å².